The highest BCUT2D eigenvalue weighted by molar-refractivity contribution is 7.09. The minimum atomic E-state index is -1.71. The molecule has 0 fully saturated rings. The number of Topliss-reactive ketones (excluding diaryl/α,β-unsaturated/α-hetero) is 1. The van der Waals surface area contributed by atoms with E-state index in [4.69, 9.17) is 0 Å². The van der Waals surface area contributed by atoms with Crippen LogP contribution in [0.15, 0.2) is 41.8 Å². The minimum absolute atomic E-state index is 0.142. The number of aryl methyl sites for hydroxylation is 1. The first kappa shape index (κ1) is 17.8. The van der Waals surface area contributed by atoms with Crippen molar-refractivity contribution >= 4 is 23.0 Å². The lowest BCUT2D eigenvalue weighted by Crippen LogP contribution is -2.46. The standard InChI is InChI=1S/C19H21NO4S/c21-16(9-3-7-15-8-4-10-25-15)17(22)18(23)19(24)20-11-13-5-1-2-6-14(13)12-20/h1-2,4-6,8,10,17-18,22-23H,3,7,9,11-12H2/t17-,18+/m0/s1. The molecule has 2 aromatic rings. The number of benzene rings is 1. The Labute approximate surface area is 150 Å². The topological polar surface area (TPSA) is 77.8 Å². The van der Waals surface area contributed by atoms with Crippen LogP contribution >= 0.6 is 11.3 Å². The number of rotatable bonds is 7. The summed E-state index contributed by atoms with van der Waals surface area (Å²) in [5.41, 5.74) is 2.06. The van der Waals surface area contributed by atoms with Crippen molar-refractivity contribution in [2.45, 2.75) is 44.6 Å². The number of fused-ring (bicyclic) bond motifs is 1. The fourth-order valence-corrected chi connectivity index (χ4v) is 3.78. The van der Waals surface area contributed by atoms with E-state index < -0.39 is 23.9 Å². The molecule has 1 aliphatic heterocycles. The largest absolute Gasteiger partial charge is 0.382 e. The first-order valence-corrected chi connectivity index (χ1v) is 9.21. The molecule has 2 heterocycles. The predicted molar refractivity (Wildman–Crippen MR) is 95.0 cm³/mol. The molecule has 1 aromatic heterocycles. The maximum Gasteiger partial charge on any atom is 0.255 e. The number of aliphatic hydroxyl groups excluding tert-OH is 2. The third kappa shape index (κ3) is 4.15. The highest BCUT2D eigenvalue weighted by atomic mass is 32.1. The number of ketones is 1. The molecule has 0 saturated carbocycles. The Morgan fingerprint density at radius 1 is 1.04 bits per heavy atom. The first-order valence-electron chi connectivity index (χ1n) is 8.33. The number of nitrogens with zero attached hydrogens (tertiary/aromatic N) is 1. The van der Waals surface area contributed by atoms with Gasteiger partial charge in [0.1, 0.15) is 6.10 Å². The van der Waals surface area contributed by atoms with E-state index in [1.54, 1.807) is 11.3 Å². The fourth-order valence-electron chi connectivity index (χ4n) is 3.03. The molecule has 1 amide bonds. The van der Waals surface area contributed by atoms with Gasteiger partial charge in [-0.15, -0.1) is 11.3 Å². The van der Waals surface area contributed by atoms with Gasteiger partial charge in [0, 0.05) is 24.4 Å². The lowest BCUT2D eigenvalue weighted by atomic mass is 10.0. The second-order valence-corrected chi connectivity index (χ2v) is 7.28. The summed E-state index contributed by atoms with van der Waals surface area (Å²) >= 11 is 1.62. The Hall–Kier alpha value is -2.02. The molecule has 0 aliphatic carbocycles. The monoisotopic (exact) mass is 359 g/mol. The predicted octanol–water partition coefficient (Wildman–Crippen LogP) is 1.90. The summed E-state index contributed by atoms with van der Waals surface area (Å²) in [5.74, 6) is -1.09. The molecule has 0 radical (unpaired) electrons. The van der Waals surface area contributed by atoms with Gasteiger partial charge >= 0.3 is 0 Å². The zero-order chi connectivity index (χ0) is 17.8. The summed E-state index contributed by atoms with van der Waals surface area (Å²) in [7, 11) is 0. The van der Waals surface area contributed by atoms with E-state index >= 15 is 0 Å². The smallest absolute Gasteiger partial charge is 0.255 e. The van der Waals surface area contributed by atoms with Crippen LogP contribution in [-0.4, -0.2) is 39.0 Å². The van der Waals surface area contributed by atoms with E-state index in [2.05, 4.69) is 0 Å². The van der Waals surface area contributed by atoms with E-state index in [1.807, 2.05) is 41.8 Å². The highest BCUT2D eigenvalue weighted by Crippen LogP contribution is 2.23. The molecule has 0 saturated heterocycles. The average molecular weight is 359 g/mol. The number of hydrogen-bond donors (Lipinski definition) is 2. The van der Waals surface area contributed by atoms with Crippen LogP contribution in [0.25, 0.3) is 0 Å². The Balaban J connectivity index is 1.50. The lowest BCUT2D eigenvalue weighted by Gasteiger charge is -2.22. The summed E-state index contributed by atoms with van der Waals surface area (Å²) in [5, 5.41) is 22.1. The van der Waals surface area contributed by atoms with Crippen LogP contribution in [-0.2, 0) is 29.1 Å². The van der Waals surface area contributed by atoms with Crippen LogP contribution in [0, 0.1) is 0 Å². The van der Waals surface area contributed by atoms with Crippen molar-refractivity contribution in [3.8, 4) is 0 Å². The molecular formula is C19H21NO4S. The number of amides is 1. The molecule has 2 atom stereocenters. The number of carbonyl (C=O) groups excluding carboxylic acids is 2. The summed E-state index contributed by atoms with van der Waals surface area (Å²) in [6, 6.07) is 11.6. The first-order chi connectivity index (χ1) is 12.1. The Bertz CT molecular complexity index is 719. The van der Waals surface area contributed by atoms with E-state index in [-0.39, 0.29) is 6.42 Å². The normalized spacial score (nSPS) is 15.7. The Kier molecular flexibility index (Phi) is 5.63. The molecule has 1 aromatic carbocycles. The van der Waals surface area contributed by atoms with Gasteiger partial charge in [0.2, 0.25) is 0 Å². The summed E-state index contributed by atoms with van der Waals surface area (Å²) < 4.78 is 0. The highest BCUT2D eigenvalue weighted by Gasteiger charge is 2.34. The third-order valence-corrected chi connectivity index (χ3v) is 5.40. The molecule has 132 valence electrons. The molecule has 1 aliphatic rings. The molecule has 6 heteroatoms. The van der Waals surface area contributed by atoms with Crippen molar-refractivity contribution in [1.82, 2.24) is 4.90 Å². The lowest BCUT2D eigenvalue weighted by molar-refractivity contribution is -0.152. The molecule has 25 heavy (non-hydrogen) atoms. The minimum Gasteiger partial charge on any atom is -0.382 e. The van der Waals surface area contributed by atoms with Crippen molar-refractivity contribution in [3.63, 3.8) is 0 Å². The maximum absolute atomic E-state index is 12.4. The molecule has 0 spiro atoms. The summed E-state index contributed by atoms with van der Waals surface area (Å²) in [6.45, 7) is 0.788. The van der Waals surface area contributed by atoms with Gasteiger partial charge in [-0.2, -0.15) is 0 Å². The molecule has 3 rings (SSSR count). The second kappa shape index (κ2) is 7.91. The van der Waals surface area contributed by atoms with Crippen LogP contribution in [0.5, 0.6) is 0 Å². The van der Waals surface area contributed by atoms with Gasteiger partial charge in [0.25, 0.3) is 5.91 Å². The summed E-state index contributed by atoms with van der Waals surface area (Å²) in [4.78, 5) is 27.1. The quantitative estimate of drug-likeness (QED) is 0.792. The average Bonchev–Trinajstić information content (AvgIpc) is 3.28. The van der Waals surface area contributed by atoms with Gasteiger partial charge < -0.3 is 15.1 Å². The zero-order valence-electron chi connectivity index (χ0n) is 13.8. The fraction of sp³-hybridized carbons (Fsp3) is 0.368. The van der Waals surface area contributed by atoms with Crippen molar-refractivity contribution < 1.29 is 19.8 Å². The molecule has 5 nitrogen and oxygen atoms in total. The van der Waals surface area contributed by atoms with Gasteiger partial charge in [-0.05, 0) is 35.4 Å². The van der Waals surface area contributed by atoms with Crippen molar-refractivity contribution in [3.05, 3.63) is 57.8 Å². The van der Waals surface area contributed by atoms with Crippen LogP contribution in [0.1, 0.15) is 28.8 Å². The van der Waals surface area contributed by atoms with Crippen molar-refractivity contribution in [1.29, 1.82) is 0 Å². The van der Waals surface area contributed by atoms with E-state index in [1.165, 1.54) is 9.78 Å². The Morgan fingerprint density at radius 2 is 1.72 bits per heavy atom. The van der Waals surface area contributed by atoms with Crippen molar-refractivity contribution in [2.75, 3.05) is 0 Å². The van der Waals surface area contributed by atoms with Gasteiger partial charge in [-0.1, -0.05) is 30.3 Å². The number of thiophene rings is 1. The number of carbonyl (C=O) groups is 2. The van der Waals surface area contributed by atoms with Crippen LogP contribution in [0.4, 0.5) is 0 Å². The van der Waals surface area contributed by atoms with E-state index in [0.717, 1.165) is 17.5 Å². The summed E-state index contributed by atoms with van der Waals surface area (Å²) in [6.07, 6.45) is -1.89. The van der Waals surface area contributed by atoms with E-state index in [9.17, 15) is 19.8 Å². The number of hydrogen-bond acceptors (Lipinski definition) is 5. The van der Waals surface area contributed by atoms with Crippen LogP contribution < -0.4 is 0 Å². The number of aliphatic hydroxyl groups is 2. The van der Waals surface area contributed by atoms with Gasteiger partial charge in [-0.25, -0.2) is 0 Å². The van der Waals surface area contributed by atoms with Crippen LogP contribution in [0.2, 0.25) is 0 Å². The molecule has 0 bridgehead atoms. The third-order valence-electron chi connectivity index (χ3n) is 4.46. The Morgan fingerprint density at radius 3 is 2.32 bits per heavy atom. The molecule has 0 unspecified atom stereocenters. The van der Waals surface area contributed by atoms with E-state index in [0.29, 0.717) is 19.5 Å². The van der Waals surface area contributed by atoms with Crippen LogP contribution in [0.3, 0.4) is 0 Å². The zero-order valence-corrected chi connectivity index (χ0v) is 14.6. The SMILES string of the molecule is O=C(CCCc1cccs1)[C@H](O)[C@@H](O)C(=O)N1Cc2ccccc2C1. The maximum atomic E-state index is 12.4. The molecule has 2 N–H and O–H groups in total. The molecular weight excluding hydrogens is 338 g/mol. The van der Waals surface area contributed by atoms with Crippen molar-refractivity contribution in [2.24, 2.45) is 0 Å². The van der Waals surface area contributed by atoms with Gasteiger partial charge in [0.05, 0.1) is 0 Å². The van der Waals surface area contributed by atoms with Gasteiger partial charge in [-0.3, -0.25) is 9.59 Å². The van der Waals surface area contributed by atoms with Gasteiger partial charge in [0.15, 0.2) is 11.9 Å². The second-order valence-electron chi connectivity index (χ2n) is 6.25.